The second kappa shape index (κ2) is 9.27. The predicted molar refractivity (Wildman–Crippen MR) is 107 cm³/mol. The van der Waals surface area contributed by atoms with Crippen molar-refractivity contribution in [2.45, 2.75) is 17.9 Å². The molecule has 1 N–H and O–H groups in total. The second-order valence-corrected chi connectivity index (χ2v) is 8.60. The number of rotatable bonds is 8. The van der Waals surface area contributed by atoms with Crippen molar-refractivity contribution in [1.29, 1.82) is 0 Å². The molecule has 28 heavy (non-hydrogen) atoms. The number of halogens is 1. The lowest BCUT2D eigenvalue weighted by molar-refractivity contribution is -0.121. The molecule has 0 aliphatic rings. The van der Waals surface area contributed by atoms with Crippen LogP contribution in [0.5, 0.6) is 11.5 Å². The molecule has 0 saturated heterocycles. The first-order valence-electron chi connectivity index (χ1n) is 8.42. The van der Waals surface area contributed by atoms with Gasteiger partial charge in [-0.25, -0.2) is 8.42 Å². The summed E-state index contributed by atoms with van der Waals surface area (Å²) in [7, 11) is 0.350. The zero-order chi connectivity index (χ0) is 20.9. The van der Waals surface area contributed by atoms with Gasteiger partial charge in [0.1, 0.15) is 0 Å². The highest BCUT2D eigenvalue weighted by molar-refractivity contribution is 7.89. The van der Waals surface area contributed by atoms with Gasteiger partial charge in [-0.1, -0.05) is 23.7 Å². The van der Waals surface area contributed by atoms with Crippen molar-refractivity contribution in [3.63, 3.8) is 0 Å². The standard InChI is InChI=1S/C19H23ClN2O5S/c1-13(14-5-7-15(20)8-6-14)21-19(23)12-22(2)28(24,25)16-9-10-17(26-3)18(11-16)27-4/h5-11,13H,12H2,1-4H3,(H,21,23)/t13-/m1/s1. The summed E-state index contributed by atoms with van der Waals surface area (Å²) >= 11 is 5.86. The number of benzene rings is 2. The number of sulfonamides is 1. The highest BCUT2D eigenvalue weighted by Crippen LogP contribution is 2.30. The van der Waals surface area contributed by atoms with Crippen molar-refractivity contribution < 1.29 is 22.7 Å². The second-order valence-electron chi connectivity index (χ2n) is 6.12. The van der Waals surface area contributed by atoms with E-state index in [-0.39, 0.29) is 23.2 Å². The van der Waals surface area contributed by atoms with Crippen molar-refractivity contribution >= 4 is 27.5 Å². The van der Waals surface area contributed by atoms with Crippen molar-refractivity contribution in [3.8, 4) is 11.5 Å². The summed E-state index contributed by atoms with van der Waals surface area (Å²) in [6.45, 7) is 1.48. The van der Waals surface area contributed by atoms with Crippen LogP contribution in [0.1, 0.15) is 18.5 Å². The number of hydrogen-bond donors (Lipinski definition) is 1. The molecule has 0 heterocycles. The summed E-state index contributed by atoms with van der Waals surface area (Å²) in [5.74, 6) is 0.283. The molecule has 0 bridgehead atoms. The van der Waals surface area contributed by atoms with E-state index in [0.29, 0.717) is 10.8 Å². The quantitative estimate of drug-likeness (QED) is 0.701. The summed E-state index contributed by atoms with van der Waals surface area (Å²) in [5.41, 5.74) is 0.864. The van der Waals surface area contributed by atoms with E-state index in [9.17, 15) is 13.2 Å². The molecular weight excluding hydrogens is 404 g/mol. The minimum Gasteiger partial charge on any atom is -0.493 e. The molecule has 0 radical (unpaired) electrons. The lowest BCUT2D eigenvalue weighted by atomic mass is 10.1. The van der Waals surface area contributed by atoms with Gasteiger partial charge in [0, 0.05) is 18.1 Å². The van der Waals surface area contributed by atoms with Crippen LogP contribution in [0.4, 0.5) is 0 Å². The van der Waals surface area contributed by atoms with Crippen LogP contribution in [0.25, 0.3) is 0 Å². The third-order valence-electron chi connectivity index (χ3n) is 4.18. The monoisotopic (exact) mass is 426 g/mol. The van der Waals surface area contributed by atoms with Crippen molar-refractivity contribution in [2.24, 2.45) is 0 Å². The fourth-order valence-corrected chi connectivity index (χ4v) is 3.84. The lowest BCUT2D eigenvalue weighted by Crippen LogP contribution is -2.39. The van der Waals surface area contributed by atoms with Crippen LogP contribution in [0.15, 0.2) is 47.4 Å². The summed E-state index contributed by atoms with van der Waals surface area (Å²) in [4.78, 5) is 12.3. The van der Waals surface area contributed by atoms with Gasteiger partial charge in [-0.05, 0) is 36.8 Å². The number of carbonyl (C=O) groups excluding carboxylic acids is 1. The third kappa shape index (κ3) is 5.15. The van der Waals surface area contributed by atoms with E-state index in [1.165, 1.54) is 39.5 Å². The first-order valence-corrected chi connectivity index (χ1v) is 10.2. The molecule has 0 aliphatic heterocycles. The van der Waals surface area contributed by atoms with E-state index in [1.807, 2.05) is 6.92 Å². The number of nitrogens with zero attached hydrogens (tertiary/aromatic N) is 1. The van der Waals surface area contributed by atoms with Crippen LogP contribution in [0.2, 0.25) is 5.02 Å². The Hall–Kier alpha value is -2.29. The topological polar surface area (TPSA) is 84.9 Å². The number of amides is 1. The molecule has 0 fully saturated rings. The fraction of sp³-hybridized carbons (Fsp3) is 0.316. The van der Waals surface area contributed by atoms with Crippen LogP contribution >= 0.6 is 11.6 Å². The zero-order valence-corrected chi connectivity index (χ0v) is 17.7. The van der Waals surface area contributed by atoms with Crippen LogP contribution in [-0.2, 0) is 14.8 Å². The largest absolute Gasteiger partial charge is 0.493 e. The Balaban J connectivity index is 2.08. The van der Waals surface area contributed by atoms with Crippen LogP contribution < -0.4 is 14.8 Å². The molecule has 1 amide bonds. The molecule has 0 aliphatic carbocycles. The number of nitrogens with one attached hydrogen (secondary N) is 1. The van der Waals surface area contributed by atoms with Crippen LogP contribution in [0, 0.1) is 0 Å². The van der Waals surface area contributed by atoms with Gasteiger partial charge < -0.3 is 14.8 Å². The summed E-state index contributed by atoms with van der Waals surface area (Å²) in [5, 5.41) is 3.38. The van der Waals surface area contributed by atoms with Gasteiger partial charge >= 0.3 is 0 Å². The van der Waals surface area contributed by atoms with Gasteiger partial charge in [0.25, 0.3) is 0 Å². The number of likely N-dealkylation sites (N-methyl/N-ethyl adjacent to an activating group) is 1. The maximum Gasteiger partial charge on any atom is 0.243 e. The minimum atomic E-state index is -3.88. The normalized spacial score (nSPS) is 12.5. The molecular formula is C19H23ClN2O5S. The molecule has 2 rings (SSSR count). The Morgan fingerprint density at radius 1 is 1.11 bits per heavy atom. The molecule has 0 saturated carbocycles. The van der Waals surface area contributed by atoms with E-state index in [1.54, 1.807) is 24.3 Å². The van der Waals surface area contributed by atoms with Gasteiger partial charge in [-0.15, -0.1) is 0 Å². The van der Waals surface area contributed by atoms with Crippen molar-refractivity contribution in [2.75, 3.05) is 27.8 Å². The highest BCUT2D eigenvalue weighted by atomic mass is 35.5. The molecule has 0 aromatic heterocycles. The highest BCUT2D eigenvalue weighted by Gasteiger charge is 2.25. The Labute approximate surface area is 170 Å². The average Bonchev–Trinajstić information content (AvgIpc) is 2.67. The van der Waals surface area contributed by atoms with Crippen LogP contribution in [0.3, 0.4) is 0 Å². The van der Waals surface area contributed by atoms with Gasteiger partial charge in [0.2, 0.25) is 15.9 Å². The first-order chi connectivity index (χ1) is 13.2. The maximum absolute atomic E-state index is 12.8. The Morgan fingerprint density at radius 2 is 1.71 bits per heavy atom. The third-order valence-corrected chi connectivity index (χ3v) is 6.23. The SMILES string of the molecule is COc1ccc(S(=O)(=O)N(C)CC(=O)N[C@H](C)c2ccc(Cl)cc2)cc1OC. The molecule has 0 unspecified atom stereocenters. The predicted octanol–water partition coefficient (Wildman–Crippen LogP) is 2.86. The van der Waals surface area contributed by atoms with E-state index in [2.05, 4.69) is 5.32 Å². The summed E-state index contributed by atoms with van der Waals surface area (Å²) < 4.78 is 36.8. The van der Waals surface area contributed by atoms with E-state index >= 15 is 0 Å². The molecule has 2 aromatic rings. The maximum atomic E-state index is 12.8. The first kappa shape index (κ1) is 22.0. The molecule has 7 nitrogen and oxygen atoms in total. The molecule has 152 valence electrons. The van der Waals surface area contributed by atoms with E-state index in [4.69, 9.17) is 21.1 Å². The minimum absolute atomic E-state index is 0.00574. The van der Waals surface area contributed by atoms with E-state index in [0.717, 1.165) is 9.87 Å². The molecule has 1 atom stereocenters. The van der Waals surface area contributed by atoms with Crippen molar-refractivity contribution in [1.82, 2.24) is 9.62 Å². The number of hydrogen-bond acceptors (Lipinski definition) is 5. The molecule has 0 spiro atoms. The molecule has 9 heteroatoms. The Kier molecular flexibility index (Phi) is 7.29. The zero-order valence-electron chi connectivity index (χ0n) is 16.1. The Morgan fingerprint density at radius 3 is 2.29 bits per heavy atom. The van der Waals surface area contributed by atoms with Crippen LogP contribution in [-0.4, -0.2) is 46.4 Å². The summed E-state index contributed by atoms with van der Waals surface area (Å²) in [6.07, 6.45) is 0. The van der Waals surface area contributed by atoms with Gasteiger partial charge in [-0.2, -0.15) is 4.31 Å². The smallest absolute Gasteiger partial charge is 0.243 e. The van der Waals surface area contributed by atoms with E-state index < -0.39 is 15.9 Å². The summed E-state index contributed by atoms with van der Waals surface area (Å²) in [6, 6.07) is 11.0. The van der Waals surface area contributed by atoms with Gasteiger partial charge in [0.05, 0.1) is 31.7 Å². The Bertz CT molecular complexity index is 932. The average molecular weight is 427 g/mol. The van der Waals surface area contributed by atoms with Gasteiger partial charge in [-0.3, -0.25) is 4.79 Å². The number of ether oxygens (including phenoxy) is 2. The number of methoxy groups -OCH3 is 2. The van der Waals surface area contributed by atoms with Gasteiger partial charge in [0.15, 0.2) is 11.5 Å². The molecule has 2 aromatic carbocycles. The fourth-order valence-electron chi connectivity index (χ4n) is 2.57. The van der Waals surface area contributed by atoms with Crippen molar-refractivity contribution in [3.05, 3.63) is 53.1 Å². The lowest BCUT2D eigenvalue weighted by Gasteiger charge is -2.20. The number of carbonyl (C=O) groups is 1.